The summed E-state index contributed by atoms with van der Waals surface area (Å²) >= 11 is 0. The number of carbonyl (C=O) groups is 1. The third kappa shape index (κ3) is 5.11. The topological polar surface area (TPSA) is 112 Å². The molecular weight excluding hydrogens is 462 g/mol. The van der Waals surface area contributed by atoms with Crippen LogP contribution in [0.15, 0.2) is 59.5 Å². The summed E-state index contributed by atoms with van der Waals surface area (Å²) in [5.74, 6) is -1.09. The van der Waals surface area contributed by atoms with Crippen molar-refractivity contribution in [3.63, 3.8) is 0 Å². The second-order valence-corrected chi connectivity index (χ2v) is 10.7. The number of sulfonamides is 1. The molecule has 0 amide bonds. The fourth-order valence-electron chi connectivity index (χ4n) is 4.33. The fraction of sp³-hybridized carbons (Fsp3) is 0.458. The molecule has 2 aliphatic heterocycles. The van der Waals surface area contributed by atoms with E-state index in [9.17, 15) is 18.3 Å². The fourth-order valence-corrected chi connectivity index (χ4v) is 5.98. The molecule has 0 saturated carbocycles. The number of fused-ring (bicyclic) bond motifs is 1. The third-order valence-electron chi connectivity index (χ3n) is 5.94. The highest BCUT2D eigenvalue weighted by Gasteiger charge is 2.56. The van der Waals surface area contributed by atoms with E-state index in [1.54, 1.807) is 26.0 Å². The summed E-state index contributed by atoms with van der Waals surface area (Å²) in [7, 11) is -2.85. The van der Waals surface area contributed by atoms with Crippen LogP contribution in [0.4, 0.5) is 0 Å². The van der Waals surface area contributed by atoms with Gasteiger partial charge in [-0.3, -0.25) is 4.79 Å². The van der Waals surface area contributed by atoms with Gasteiger partial charge in [0.2, 0.25) is 10.0 Å². The molecular formula is C24H29NO8S. The van der Waals surface area contributed by atoms with Crippen molar-refractivity contribution in [1.82, 2.24) is 4.31 Å². The number of hydrogen-bond acceptors (Lipinski definition) is 8. The van der Waals surface area contributed by atoms with Crippen molar-refractivity contribution >= 4 is 16.0 Å². The monoisotopic (exact) mass is 491 g/mol. The first-order valence-electron chi connectivity index (χ1n) is 11.0. The highest BCUT2D eigenvalue weighted by atomic mass is 32.2. The molecule has 1 N–H and O–H groups in total. The first-order valence-corrected chi connectivity index (χ1v) is 12.4. The average Bonchev–Trinajstić information content (AvgIpc) is 3.16. The molecule has 0 radical (unpaired) electrons. The zero-order valence-corrected chi connectivity index (χ0v) is 20.1. The number of carbonyl (C=O) groups excluding carboxylic acids is 1. The van der Waals surface area contributed by atoms with Gasteiger partial charge in [-0.15, -0.1) is 0 Å². The number of aliphatic hydroxyl groups excluding tert-OH is 1. The molecule has 2 heterocycles. The van der Waals surface area contributed by atoms with Gasteiger partial charge >= 0.3 is 5.97 Å². The molecule has 2 aliphatic rings. The normalized spacial score (nSPS) is 26.6. The number of benzene rings is 2. The van der Waals surface area contributed by atoms with E-state index < -0.39 is 46.1 Å². The number of aliphatic hydroxyl groups is 1. The predicted molar refractivity (Wildman–Crippen MR) is 121 cm³/mol. The molecule has 4 atom stereocenters. The smallest absolute Gasteiger partial charge is 0.307 e. The molecule has 4 rings (SSSR count). The van der Waals surface area contributed by atoms with Crippen molar-refractivity contribution < 1.29 is 37.3 Å². The second-order valence-electron chi connectivity index (χ2n) is 8.80. The van der Waals surface area contributed by atoms with E-state index in [0.717, 1.165) is 9.87 Å². The number of esters is 1. The van der Waals surface area contributed by atoms with Crippen LogP contribution >= 0.6 is 0 Å². The lowest BCUT2D eigenvalue weighted by molar-refractivity contribution is -0.154. The Morgan fingerprint density at radius 2 is 1.74 bits per heavy atom. The maximum Gasteiger partial charge on any atom is 0.307 e. The van der Waals surface area contributed by atoms with E-state index in [1.165, 1.54) is 19.2 Å². The SMILES string of the molecule is COC(=O)C[C@@H]1[C@@H]2OC(C)(C)O[C@@H]2[C@H](O)CN1S(=O)(=O)c1ccc(OCc2ccccc2)cc1. The van der Waals surface area contributed by atoms with Crippen LogP contribution in [0.3, 0.4) is 0 Å². The van der Waals surface area contributed by atoms with Crippen LogP contribution in [0.25, 0.3) is 0 Å². The highest BCUT2D eigenvalue weighted by molar-refractivity contribution is 7.89. The van der Waals surface area contributed by atoms with Crippen LogP contribution in [-0.2, 0) is 35.6 Å². The minimum atomic E-state index is -4.08. The number of nitrogens with zero attached hydrogens (tertiary/aromatic N) is 1. The van der Waals surface area contributed by atoms with Gasteiger partial charge in [-0.05, 0) is 43.7 Å². The van der Waals surface area contributed by atoms with Crippen LogP contribution in [0.2, 0.25) is 0 Å². The van der Waals surface area contributed by atoms with Crippen LogP contribution in [0.5, 0.6) is 5.75 Å². The van der Waals surface area contributed by atoms with Crippen LogP contribution < -0.4 is 4.74 Å². The van der Waals surface area contributed by atoms with Gasteiger partial charge in [-0.1, -0.05) is 30.3 Å². The van der Waals surface area contributed by atoms with Gasteiger partial charge in [-0.25, -0.2) is 8.42 Å². The highest BCUT2D eigenvalue weighted by Crippen LogP contribution is 2.39. The minimum absolute atomic E-state index is 0.0123. The van der Waals surface area contributed by atoms with E-state index >= 15 is 0 Å². The molecule has 2 fully saturated rings. The Hall–Kier alpha value is -2.50. The molecule has 184 valence electrons. The summed E-state index contributed by atoms with van der Waals surface area (Å²) in [6.45, 7) is 3.47. The standard InChI is InChI=1S/C24H29NO8S/c1-24(2)32-22-19(13-21(27)30-3)25(14-20(26)23(22)33-24)34(28,29)18-11-9-17(10-12-18)31-15-16-7-5-4-6-8-16/h4-12,19-20,22-23,26H,13-15H2,1-3H3/t19-,20-,22+,23-/m1/s1. The molecule has 0 bridgehead atoms. The van der Waals surface area contributed by atoms with Crippen LogP contribution in [0.1, 0.15) is 25.8 Å². The Morgan fingerprint density at radius 1 is 1.09 bits per heavy atom. The minimum Gasteiger partial charge on any atom is -0.489 e. The maximum absolute atomic E-state index is 13.6. The number of piperidine rings is 1. The summed E-state index contributed by atoms with van der Waals surface area (Å²) in [5, 5.41) is 10.7. The number of rotatable bonds is 7. The van der Waals surface area contributed by atoms with Crippen molar-refractivity contribution in [2.75, 3.05) is 13.7 Å². The molecule has 0 unspecified atom stereocenters. The zero-order valence-electron chi connectivity index (χ0n) is 19.3. The quantitative estimate of drug-likeness (QED) is 0.586. The zero-order chi connectivity index (χ0) is 24.5. The number of methoxy groups -OCH3 is 1. The molecule has 9 nitrogen and oxygen atoms in total. The lowest BCUT2D eigenvalue weighted by Gasteiger charge is -2.42. The Bertz CT molecular complexity index is 1100. The molecule has 34 heavy (non-hydrogen) atoms. The van der Waals surface area contributed by atoms with Gasteiger partial charge in [0.25, 0.3) is 0 Å². The van der Waals surface area contributed by atoms with Crippen molar-refractivity contribution in [3.05, 3.63) is 60.2 Å². The predicted octanol–water partition coefficient (Wildman–Crippen LogP) is 2.08. The number of hydrogen-bond donors (Lipinski definition) is 1. The Morgan fingerprint density at radius 3 is 2.38 bits per heavy atom. The second kappa shape index (κ2) is 9.63. The number of ether oxygens (including phenoxy) is 4. The summed E-state index contributed by atoms with van der Waals surface area (Å²) < 4.78 is 50.5. The van der Waals surface area contributed by atoms with Crippen LogP contribution in [-0.4, -0.2) is 67.6 Å². The molecule has 0 aliphatic carbocycles. The van der Waals surface area contributed by atoms with Crippen molar-refractivity contribution in [3.8, 4) is 5.75 Å². The molecule has 0 aromatic heterocycles. The van der Waals surface area contributed by atoms with Gasteiger partial charge in [0.1, 0.15) is 24.6 Å². The van der Waals surface area contributed by atoms with E-state index in [1.807, 2.05) is 30.3 Å². The summed E-state index contributed by atoms with van der Waals surface area (Å²) in [6.07, 6.45) is -2.95. The first-order chi connectivity index (χ1) is 16.1. The van der Waals surface area contributed by atoms with E-state index in [2.05, 4.69) is 0 Å². The van der Waals surface area contributed by atoms with Gasteiger partial charge in [0.05, 0.1) is 30.6 Å². The van der Waals surface area contributed by atoms with Crippen LogP contribution in [0, 0.1) is 0 Å². The van der Waals surface area contributed by atoms with E-state index in [4.69, 9.17) is 18.9 Å². The lowest BCUT2D eigenvalue weighted by Crippen LogP contribution is -2.62. The van der Waals surface area contributed by atoms with Crippen molar-refractivity contribution in [2.24, 2.45) is 0 Å². The maximum atomic E-state index is 13.6. The van der Waals surface area contributed by atoms with Gasteiger partial charge in [0, 0.05) is 6.54 Å². The van der Waals surface area contributed by atoms with E-state index in [0.29, 0.717) is 12.4 Å². The van der Waals surface area contributed by atoms with Crippen molar-refractivity contribution in [2.45, 2.75) is 61.9 Å². The lowest BCUT2D eigenvalue weighted by atomic mass is 9.94. The molecule has 2 aromatic carbocycles. The average molecular weight is 492 g/mol. The molecule has 2 saturated heterocycles. The summed E-state index contributed by atoms with van der Waals surface area (Å²) in [4.78, 5) is 12.1. The largest absolute Gasteiger partial charge is 0.489 e. The van der Waals surface area contributed by atoms with Crippen molar-refractivity contribution in [1.29, 1.82) is 0 Å². The molecule has 0 spiro atoms. The Balaban J connectivity index is 1.57. The van der Waals surface area contributed by atoms with Gasteiger partial charge in [-0.2, -0.15) is 4.31 Å². The number of β-amino-alcohol motifs (C(OH)–C–C–N with tert-alkyl or cyclic N) is 1. The summed E-state index contributed by atoms with van der Waals surface area (Å²) in [6, 6.07) is 14.8. The third-order valence-corrected chi connectivity index (χ3v) is 7.85. The Kier molecular flexibility index (Phi) is 6.97. The van der Waals surface area contributed by atoms with E-state index in [-0.39, 0.29) is 17.9 Å². The van der Waals surface area contributed by atoms with Gasteiger partial charge in [0.15, 0.2) is 5.79 Å². The Labute approximate surface area is 199 Å². The first kappa shape index (κ1) is 24.6. The molecule has 10 heteroatoms. The summed E-state index contributed by atoms with van der Waals surface area (Å²) in [5.41, 5.74) is 0.989. The van der Waals surface area contributed by atoms with Gasteiger partial charge < -0.3 is 24.1 Å². The molecule has 2 aromatic rings.